The molecule has 10 heteroatoms. The topological polar surface area (TPSA) is 9.23 Å². The van der Waals surface area contributed by atoms with E-state index in [-0.39, 0.29) is 6.61 Å². The lowest BCUT2D eigenvalue weighted by Crippen LogP contribution is -2.57. The van der Waals surface area contributed by atoms with Gasteiger partial charge >= 0.3 is 0 Å². The van der Waals surface area contributed by atoms with Gasteiger partial charge in [-0.25, -0.2) is 0 Å². The number of rotatable bonds is 4. The highest BCUT2D eigenvalue weighted by atomic mass is 35.6. The summed E-state index contributed by atoms with van der Waals surface area (Å²) in [4.78, 5) is 0. The normalized spacial score (nSPS) is 15.4. The molecule has 1 nitrogen and oxygen atoms in total. The molecule has 0 spiro atoms. The Hall–Kier alpha value is 2.57. The molecular weight excluding hydrogens is 407 g/mol. The molecule has 0 saturated heterocycles. The van der Waals surface area contributed by atoms with E-state index in [2.05, 4.69) is 0 Å². The molecule has 98 valence electrons. The van der Waals surface area contributed by atoms with E-state index in [9.17, 15) is 0 Å². The first-order valence-electron chi connectivity index (χ1n) is 3.65. The lowest BCUT2D eigenvalue weighted by atomic mass is 10.3. The fourth-order valence-corrected chi connectivity index (χ4v) is 2.70. The number of halogens is 9. The van der Waals surface area contributed by atoms with E-state index in [1.54, 1.807) is 6.92 Å². The molecule has 0 saturated carbocycles. The maximum atomic E-state index is 5.84. The molecule has 0 fully saturated rings. The lowest BCUT2D eigenvalue weighted by molar-refractivity contribution is 0.0732. The summed E-state index contributed by atoms with van der Waals surface area (Å²) >= 11 is 51.4. The number of alkyl halides is 9. The molecule has 16 heavy (non-hydrogen) atoms. The highest BCUT2D eigenvalue weighted by Gasteiger charge is 2.69. The molecule has 0 aliphatic carbocycles. The van der Waals surface area contributed by atoms with Crippen molar-refractivity contribution in [3.05, 3.63) is 0 Å². The first kappa shape index (κ1) is 18.6. The van der Waals surface area contributed by atoms with Crippen LogP contribution >= 0.6 is 104 Å². The summed E-state index contributed by atoms with van der Waals surface area (Å²) in [6.45, 7) is 1.70. The standard InChI is InChI=1S/C6H5Cl9O/c1-2-16-6(14,15)4(9,10)3(7,8)5(11,12)13/h2H2,1H3. The predicted octanol–water partition coefficient (Wildman–Crippen LogP) is 5.87. The van der Waals surface area contributed by atoms with Gasteiger partial charge in [-0.05, 0) is 6.92 Å². The Morgan fingerprint density at radius 2 is 1.12 bits per heavy atom. The minimum Gasteiger partial charge on any atom is -0.344 e. The molecule has 0 amide bonds. The zero-order valence-corrected chi connectivity index (χ0v) is 14.3. The van der Waals surface area contributed by atoms with Gasteiger partial charge in [-0.15, -0.1) is 0 Å². The van der Waals surface area contributed by atoms with Crippen LogP contribution in [0.15, 0.2) is 0 Å². The van der Waals surface area contributed by atoms with E-state index in [1.165, 1.54) is 0 Å². The van der Waals surface area contributed by atoms with Crippen molar-refractivity contribution < 1.29 is 4.74 Å². The third-order valence-electron chi connectivity index (χ3n) is 1.44. The fraction of sp³-hybridized carbons (Fsp3) is 1.00. The van der Waals surface area contributed by atoms with Crippen LogP contribution in [0.5, 0.6) is 0 Å². The van der Waals surface area contributed by atoms with Crippen LogP contribution in [0.4, 0.5) is 0 Å². The summed E-state index contributed by atoms with van der Waals surface area (Å²) in [6.07, 6.45) is 0. The summed E-state index contributed by atoms with van der Waals surface area (Å²) in [7, 11) is 0. The second-order valence-corrected chi connectivity index (χ2v) is 8.79. The van der Waals surface area contributed by atoms with Gasteiger partial charge in [-0.1, -0.05) is 104 Å². The molecular formula is C6H5Cl9O. The van der Waals surface area contributed by atoms with Crippen LogP contribution in [0.25, 0.3) is 0 Å². The van der Waals surface area contributed by atoms with Crippen molar-refractivity contribution >= 4 is 104 Å². The fourth-order valence-electron chi connectivity index (χ4n) is 0.633. The van der Waals surface area contributed by atoms with E-state index in [4.69, 9.17) is 109 Å². The van der Waals surface area contributed by atoms with Gasteiger partial charge in [0.15, 0.2) is 0 Å². The molecule has 0 aliphatic heterocycles. The Kier molecular flexibility index (Phi) is 6.86. The Labute approximate surface area is 138 Å². The van der Waals surface area contributed by atoms with Gasteiger partial charge < -0.3 is 4.74 Å². The van der Waals surface area contributed by atoms with Crippen molar-refractivity contribution in [2.75, 3.05) is 6.61 Å². The molecule has 0 atom stereocenters. The monoisotopic (exact) mass is 408 g/mol. The van der Waals surface area contributed by atoms with E-state index < -0.39 is 17.0 Å². The van der Waals surface area contributed by atoms with Gasteiger partial charge in [0.05, 0.1) is 0 Å². The van der Waals surface area contributed by atoms with E-state index in [1.807, 2.05) is 0 Å². The second kappa shape index (κ2) is 5.91. The largest absolute Gasteiger partial charge is 0.344 e. The molecule has 0 heterocycles. The number of hydrogen-bond donors (Lipinski definition) is 0. The number of hydrogen-bond acceptors (Lipinski definition) is 1. The maximum absolute atomic E-state index is 5.84. The predicted molar refractivity (Wildman–Crippen MR) is 75.2 cm³/mol. The van der Waals surface area contributed by atoms with Gasteiger partial charge in [0, 0.05) is 6.61 Å². The molecule has 0 N–H and O–H groups in total. The van der Waals surface area contributed by atoms with Crippen LogP contribution in [0, 0.1) is 0 Å². The highest BCUT2D eigenvalue weighted by molar-refractivity contribution is 6.80. The summed E-state index contributed by atoms with van der Waals surface area (Å²) in [5, 5.41) is 0. The summed E-state index contributed by atoms with van der Waals surface area (Å²) in [5.41, 5.74) is 0. The third-order valence-corrected chi connectivity index (χ3v) is 6.66. The van der Waals surface area contributed by atoms with Crippen LogP contribution in [0.2, 0.25) is 0 Å². The van der Waals surface area contributed by atoms with Gasteiger partial charge in [-0.2, -0.15) is 0 Å². The molecule has 0 aliphatic rings. The lowest BCUT2D eigenvalue weighted by Gasteiger charge is -2.43. The van der Waals surface area contributed by atoms with Crippen molar-refractivity contribution in [3.8, 4) is 0 Å². The van der Waals surface area contributed by atoms with Gasteiger partial charge in [-0.3, -0.25) is 0 Å². The molecule has 0 bridgehead atoms. The van der Waals surface area contributed by atoms with Crippen molar-refractivity contribution in [1.29, 1.82) is 0 Å². The van der Waals surface area contributed by atoms with E-state index in [0.29, 0.717) is 0 Å². The van der Waals surface area contributed by atoms with Gasteiger partial charge in [0.25, 0.3) is 4.52 Å². The zero-order valence-electron chi connectivity index (χ0n) is 7.52. The van der Waals surface area contributed by atoms with E-state index >= 15 is 0 Å². The van der Waals surface area contributed by atoms with Crippen molar-refractivity contribution in [1.82, 2.24) is 0 Å². The van der Waals surface area contributed by atoms with Crippen LogP contribution in [0.1, 0.15) is 6.92 Å². The first-order chi connectivity index (χ1) is 6.81. The van der Waals surface area contributed by atoms with Crippen molar-refractivity contribution in [2.24, 2.45) is 0 Å². The molecule has 0 aromatic heterocycles. The van der Waals surface area contributed by atoms with Crippen LogP contribution in [-0.4, -0.2) is 23.6 Å². The minimum absolute atomic E-state index is 0.0951. The van der Waals surface area contributed by atoms with Gasteiger partial charge in [0.1, 0.15) is 0 Å². The smallest absolute Gasteiger partial charge is 0.254 e. The second-order valence-electron chi connectivity index (χ2n) is 2.60. The quantitative estimate of drug-likeness (QED) is 0.525. The SMILES string of the molecule is CCOC(Cl)(Cl)C(Cl)(Cl)C(Cl)(Cl)C(Cl)(Cl)Cl. The first-order valence-corrected chi connectivity index (χ1v) is 7.05. The summed E-state index contributed by atoms with van der Waals surface area (Å²) in [5.74, 6) is 0. The Morgan fingerprint density at radius 3 is 1.38 bits per heavy atom. The average molecular weight is 412 g/mol. The minimum atomic E-state index is -2.30. The zero-order chi connectivity index (χ0) is 13.4. The van der Waals surface area contributed by atoms with Crippen LogP contribution < -0.4 is 0 Å². The van der Waals surface area contributed by atoms with Crippen molar-refractivity contribution in [3.63, 3.8) is 0 Å². The Bertz CT molecular complexity index is 243. The Morgan fingerprint density at radius 1 is 0.750 bits per heavy atom. The molecule has 0 unspecified atom stereocenters. The van der Waals surface area contributed by atoms with E-state index in [0.717, 1.165) is 0 Å². The molecule has 0 aromatic rings. The highest BCUT2D eigenvalue weighted by Crippen LogP contribution is 2.62. The van der Waals surface area contributed by atoms with Crippen molar-refractivity contribution in [2.45, 2.75) is 23.9 Å². The van der Waals surface area contributed by atoms with Gasteiger partial charge in [0.2, 0.25) is 12.5 Å². The molecule has 0 rings (SSSR count). The summed E-state index contributed by atoms with van der Waals surface area (Å²) in [6, 6.07) is 0. The third kappa shape index (κ3) is 3.56. The summed E-state index contributed by atoms with van der Waals surface area (Å²) < 4.78 is -4.07. The molecule has 0 radical (unpaired) electrons. The van der Waals surface area contributed by atoms with Crippen LogP contribution in [0.3, 0.4) is 0 Å². The maximum Gasteiger partial charge on any atom is 0.254 e. The van der Waals surface area contributed by atoms with Crippen LogP contribution in [-0.2, 0) is 4.74 Å². The average Bonchev–Trinajstić information content (AvgIpc) is 2.01. The molecule has 0 aromatic carbocycles. The Balaban J connectivity index is 5.34. The number of ether oxygens (including phenoxy) is 1.